The first-order valence-electron chi connectivity index (χ1n) is 7.72. The molecule has 0 radical (unpaired) electrons. The van der Waals surface area contributed by atoms with Crippen LogP contribution in [0.4, 0.5) is 0 Å². The number of rotatable bonds is 5. The Morgan fingerprint density at radius 3 is 1.82 bits per heavy atom. The van der Waals surface area contributed by atoms with Gasteiger partial charge in [0.2, 0.25) is 0 Å². The molecule has 0 aromatic heterocycles. The molecule has 0 amide bonds. The lowest BCUT2D eigenvalue weighted by atomic mass is 9.82. The maximum absolute atomic E-state index is 11.6. The molecule has 1 atom stereocenters. The molecule has 0 saturated carbocycles. The summed E-state index contributed by atoms with van der Waals surface area (Å²) < 4.78 is 5.82. The van der Waals surface area contributed by atoms with Crippen LogP contribution in [-0.2, 0) is 28.0 Å². The minimum atomic E-state index is -0.906. The van der Waals surface area contributed by atoms with E-state index >= 15 is 0 Å². The zero-order valence-electron chi connectivity index (χ0n) is 12.9. The largest absolute Gasteiger partial charge is 0.479 e. The molecule has 2 aromatic rings. The molecule has 0 aliphatic carbocycles. The SMILES string of the molecule is CCc1ccccc1C1(c2ccccc2CC)OC1C(=O)O. The highest BCUT2D eigenvalue weighted by atomic mass is 16.6. The fourth-order valence-corrected chi connectivity index (χ4v) is 3.31. The highest BCUT2D eigenvalue weighted by Gasteiger charge is 2.64. The molecule has 1 heterocycles. The van der Waals surface area contributed by atoms with Crippen LogP contribution in [0.3, 0.4) is 0 Å². The Hall–Kier alpha value is -2.13. The first kappa shape index (κ1) is 14.8. The minimum Gasteiger partial charge on any atom is -0.479 e. The molecule has 1 N–H and O–H groups in total. The normalized spacial score (nSPS) is 18.9. The van der Waals surface area contributed by atoms with Gasteiger partial charge in [-0.2, -0.15) is 0 Å². The fraction of sp³-hybridized carbons (Fsp3) is 0.316. The molecule has 3 rings (SSSR count). The van der Waals surface area contributed by atoms with Crippen molar-refractivity contribution in [2.75, 3.05) is 0 Å². The number of hydrogen-bond acceptors (Lipinski definition) is 2. The Balaban J connectivity index is 2.22. The van der Waals surface area contributed by atoms with Crippen molar-refractivity contribution in [1.82, 2.24) is 0 Å². The summed E-state index contributed by atoms with van der Waals surface area (Å²) in [6, 6.07) is 16.0. The summed E-state index contributed by atoms with van der Waals surface area (Å²) in [5, 5.41) is 9.51. The van der Waals surface area contributed by atoms with Gasteiger partial charge in [0.05, 0.1) is 0 Å². The van der Waals surface area contributed by atoms with Crippen LogP contribution in [0.1, 0.15) is 36.1 Å². The van der Waals surface area contributed by atoms with Gasteiger partial charge in [-0.1, -0.05) is 62.4 Å². The van der Waals surface area contributed by atoms with Crippen molar-refractivity contribution in [1.29, 1.82) is 0 Å². The number of aliphatic carboxylic acids is 1. The summed E-state index contributed by atoms with van der Waals surface area (Å²) in [5.41, 5.74) is 3.39. The highest BCUT2D eigenvalue weighted by Crippen LogP contribution is 2.53. The number of carboxylic acids is 1. The minimum absolute atomic E-state index is 0.812. The van der Waals surface area contributed by atoms with E-state index in [4.69, 9.17) is 4.74 Å². The quantitative estimate of drug-likeness (QED) is 0.859. The predicted octanol–water partition coefficient (Wildman–Crippen LogP) is 3.54. The molecule has 22 heavy (non-hydrogen) atoms. The predicted molar refractivity (Wildman–Crippen MR) is 84.9 cm³/mol. The van der Waals surface area contributed by atoms with E-state index < -0.39 is 17.7 Å². The van der Waals surface area contributed by atoms with Gasteiger partial charge in [-0.05, 0) is 35.1 Å². The molecule has 1 saturated heterocycles. The molecule has 1 fully saturated rings. The van der Waals surface area contributed by atoms with Crippen LogP contribution in [0.2, 0.25) is 0 Å². The van der Waals surface area contributed by atoms with Gasteiger partial charge in [0.25, 0.3) is 0 Å². The van der Waals surface area contributed by atoms with E-state index in [9.17, 15) is 9.90 Å². The van der Waals surface area contributed by atoms with Crippen LogP contribution in [0.25, 0.3) is 0 Å². The molecule has 114 valence electrons. The molecule has 0 spiro atoms. The monoisotopic (exact) mass is 296 g/mol. The maximum atomic E-state index is 11.6. The zero-order chi connectivity index (χ0) is 15.7. The highest BCUT2D eigenvalue weighted by molar-refractivity contribution is 5.80. The zero-order valence-corrected chi connectivity index (χ0v) is 12.9. The van der Waals surface area contributed by atoms with E-state index in [1.54, 1.807) is 0 Å². The van der Waals surface area contributed by atoms with Gasteiger partial charge in [0.15, 0.2) is 11.7 Å². The van der Waals surface area contributed by atoms with Crippen molar-refractivity contribution >= 4 is 5.97 Å². The molecule has 1 aliphatic rings. The van der Waals surface area contributed by atoms with Crippen molar-refractivity contribution < 1.29 is 14.6 Å². The van der Waals surface area contributed by atoms with Crippen LogP contribution >= 0.6 is 0 Å². The van der Waals surface area contributed by atoms with E-state index in [2.05, 4.69) is 13.8 Å². The van der Waals surface area contributed by atoms with Gasteiger partial charge < -0.3 is 9.84 Å². The van der Waals surface area contributed by atoms with Crippen molar-refractivity contribution in [2.24, 2.45) is 0 Å². The second-order valence-electron chi connectivity index (χ2n) is 5.59. The summed E-state index contributed by atoms with van der Waals surface area (Å²) in [5.74, 6) is -0.906. The summed E-state index contributed by atoms with van der Waals surface area (Å²) in [7, 11) is 0. The molecular formula is C19H20O3. The van der Waals surface area contributed by atoms with Gasteiger partial charge in [0, 0.05) is 0 Å². The maximum Gasteiger partial charge on any atom is 0.336 e. The van der Waals surface area contributed by atoms with Crippen LogP contribution < -0.4 is 0 Å². The second-order valence-corrected chi connectivity index (χ2v) is 5.59. The third-order valence-corrected chi connectivity index (χ3v) is 4.44. The summed E-state index contributed by atoms with van der Waals surface area (Å²) >= 11 is 0. The molecule has 3 nitrogen and oxygen atoms in total. The third-order valence-electron chi connectivity index (χ3n) is 4.44. The number of ether oxygens (including phenoxy) is 1. The number of benzene rings is 2. The molecule has 2 aromatic carbocycles. The van der Waals surface area contributed by atoms with Crippen molar-refractivity contribution in [3.8, 4) is 0 Å². The first-order chi connectivity index (χ1) is 10.6. The lowest BCUT2D eigenvalue weighted by Gasteiger charge is -2.20. The molecule has 1 aliphatic heterocycles. The van der Waals surface area contributed by atoms with Crippen molar-refractivity contribution in [3.63, 3.8) is 0 Å². The van der Waals surface area contributed by atoms with E-state index in [-0.39, 0.29) is 0 Å². The summed E-state index contributed by atoms with van der Waals surface area (Å²) in [6.45, 7) is 4.16. The standard InChI is InChI=1S/C19H20O3/c1-3-13-9-5-7-11-15(13)19(17(22-19)18(20)21)16-12-8-6-10-14(16)4-2/h5-12,17H,3-4H2,1-2H3,(H,20,21). The van der Waals surface area contributed by atoms with Crippen LogP contribution in [-0.4, -0.2) is 17.2 Å². The van der Waals surface area contributed by atoms with Gasteiger partial charge in [-0.25, -0.2) is 4.79 Å². The van der Waals surface area contributed by atoms with Gasteiger partial charge in [-0.15, -0.1) is 0 Å². The average molecular weight is 296 g/mol. The smallest absolute Gasteiger partial charge is 0.336 e. The van der Waals surface area contributed by atoms with E-state index in [0.717, 1.165) is 35.1 Å². The number of aryl methyl sites for hydroxylation is 2. The Bertz CT molecular complexity index is 658. The number of carboxylic acid groups (broad SMARTS) is 1. The molecular weight excluding hydrogens is 276 g/mol. The Morgan fingerprint density at radius 1 is 1.00 bits per heavy atom. The van der Waals surface area contributed by atoms with E-state index in [0.29, 0.717) is 0 Å². The van der Waals surface area contributed by atoms with Crippen molar-refractivity contribution in [3.05, 3.63) is 70.8 Å². The Morgan fingerprint density at radius 2 is 1.45 bits per heavy atom. The molecule has 0 bridgehead atoms. The van der Waals surface area contributed by atoms with E-state index in [1.165, 1.54) is 0 Å². The molecule has 1 unspecified atom stereocenters. The summed E-state index contributed by atoms with van der Waals surface area (Å²) in [4.78, 5) is 11.6. The topological polar surface area (TPSA) is 49.8 Å². The fourth-order valence-electron chi connectivity index (χ4n) is 3.31. The summed E-state index contributed by atoms with van der Waals surface area (Å²) in [6.07, 6.45) is 0.886. The van der Waals surface area contributed by atoms with Crippen LogP contribution in [0.5, 0.6) is 0 Å². The van der Waals surface area contributed by atoms with E-state index in [1.807, 2.05) is 48.5 Å². The van der Waals surface area contributed by atoms with Gasteiger partial charge >= 0.3 is 5.97 Å². The number of hydrogen-bond donors (Lipinski definition) is 1. The van der Waals surface area contributed by atoms with Crippen LogP contribution in [0.15, 0.2) is 48.5 Å². The molecule has 3 heteroatoms. The van der Waals surface area contributed by atoms with Gasteiger partial charge in [-0.3, -0.25) is 0 Å². The average Bonchev–Trinajstić information content (AvgIpc) is 3.31. The Kier molecular flexibility index (Phi) is 3.75. The van der Waals surface area contributed by atoms with Crippen LogP contribution in [0, 0.1) is 0 Å². The second kappa shape index (κ2) is 5.58. The van der Waals surface area contributed by atoms with Gasteiger partial charge in [0.1, 0.15) is 0 Å². The Labute approximate surface area is 130 Å². The lowest BCUT2D eigenvalue weighted by Crippen LogP contribution is -2.23. The van der Waals surface area contributed by atoms with Crippen molar-refractivity contribution in [2.45, 2.75) is 38.4 Å². The number of epoxide rings is 1. The third kappa shape index (κ3) is 2.13. The number of carbonyl (C=O) groups is 1. The first-order valence-corrected chi connectivity index (χ1v) is 7.72. The lowest BCUT2D eigenvalue weighted by molar-refractivity contribution is -0.138.